The molecule has 6 rings (SSSR count). The van der Waals surface area contributed by atoms with Gasteiger partial charge in [-0.1, -0.05) is 12.2 Å². The normalized spacial score (nSPS) is 30.6. The summed E-state index contributed by atoms with van der Waals surface area (Å²) in [6, 6.07) is 2.37. The number of nitrogens with zero attached hydrogens (tertiary/aromatic N) is 1. The van der Waals surface area contributed by atoms with Crippen molar-refractivity contribution < 1.29 is 37.7 Å². The molecule has 2 bridgehead atoms. The Morgan fingerprint density at radius 1 is 1.21 bits per heavy atom. The number of likely N-dealkylation sites (N-methyl/N-ethyl adjacent to an activating group) is 1. The molecule has 0 amide bonds. The first-order valence-corrected chi connectivity index (χ1v) is 11.2. The molecule has 2 aromatic rings. The summed E-state index contributed by atoms with van der Waals surface area (Å²) < 4.78 is 52.5. The van der Waals surface area contributed by atoms with Gasteiger partial charge in [-0.2, -0.15) is 0 Å². The number of ether oxygens (including phenoxy) is 2. The van der Waals surface area contributed by atoms with E-state index in [9.17, 15) is 28.2 Å². The quantitative estimate of drug-likeness (QED) is 0.309. The molecule has 4 aliphatic rings. The molecule has 2 aliphatic heterocycles. The Bertz CT molecular complexity index is 1260. The minimum absolute atomic E-state index is 0.0510. The van der Waals surface area contributed by atoms with E-state index in [2.05, 4.69) is 4.90 Å². The monoisotopic (exact) mass is 473 g/mol. The molecule has 178 valence electrons. The predicted octanol–water partition coefficient (Wildman–Crippen LogP) is 2.76. The van der Waals surface area contributed by atoms with Gasteiger partial charge >= 0.3 is 5.97 Å². The highest BCUT2D eigenvalue weighted by Crippen LogP contribution is 2.63. The van der Waals surface area contributed by atoms with E-state index in [4.69, 9.17) is 9.47 Å². The van der Waals surface area contributed by atoms with Crippen molar-refractivity contribution in [3.8, 4) is 17.2 Å². The highest BCUT2D eigenvalue weighted by atomic mass is 19.2. The molecule has 2 N–H and O–H groups in total. The molecule has 0 unspecified atom stereocenters. The summed E-state index contributed by atoms with van der Waals surface area (Å²) in [6.45, 7) is 0.778. The van der Waals surface area contributed by atoms with E-state index >= 15 is 0 Å². The third kappa shape index (κ3) is 2.80. The molecule has 5 atom stereocenters. The third-order valence-electron chi connectivity index (χ3n) is 7.89. The number of aliphatic hydroxyl groups is 1. The Hall–Kier alpha value is -3.04. The van der Waals surface area contributed by atoms with Crippen LogP contribution < -0.4 is 9.47 Å². The van der Waals surface area contributed by atoms with Gasteiger partial charge < -0.3 is 24.6 Å². The lowest BCUT2D eigenvalue weighted by Crippen LogP contribution is -2.64. The van der Waals surface area contributed by atoms with E-state index < -0.39 is 47.5 Å². The molecule has 2 heterocycles. The maximum atomic E-state index is 14.0. The standard InChI is InChI=1S/C25H22F3NO5/c1-29-5-4-25-13-2-3-18(30)24(25)34-23-19(31)10-20(12(22(23)25)8-17(13)29)33-21(32)7-11-6-15(27)16(28)9-14(11)26/h2-3,6,9-10,13,17-18,24,30-31H,4-5,7-8H2,1H3/t13-,17+,18-,24-,25-/m0/s1. The summed E-state index contributed by atoms with van der Waals surface area (Å²) in [5, 5.41) is 21.5. The van der Waals surface area contributed by atoms with Crippen LogP contribution in [0.2, 0.25) is 0 Å². The van der Waals surface area contributed by atoms with Gasteiger partial charge in [-0.15, -0.1) is 0 Å². The summed E-state index contributed by atoms with van der Waals surface area (Å²) >= 11 is 0. The van der Waals surface area contributed by atoms with Crippen molar-refractivity contribution in [2.75, 3.05) is 13.6 Å². The zero-order valence-electron chi connectivity index (χ0n) is 18.2. The van der Waals surface area contributed by atoms with Gasteiger partial charge in [-0.25, -0.2) is 13.2 Å². The minimum atomic E-state index is -1.34. The number of carbonyl (C=O) groups is 1. The molecule has 1 saturated heterocycles. The van der Waals surface area contributed by atoms with E-state index in [1.165, 1.54) is 6.07 Å². The van der Waals surface area contributed by atoms with Crippen molar-refractivity contribution in [2.45, 2.75) is 42.9 Å². The number of hydrogen-bond donors (Lipinski definition) is 2. The zero-order chi connectivity index (χ0) is 23.9. The fraction of sp³-hybridized carbons (Fsp3) is 0.400. The number of halogens is 3. The maximum absolute atomic E-state index is 14.0. The van der Waals surface area contributed by atoms with Crippen LogP contribution in [0.5, 0.6) is 17.2 Å². The zero-order valence-corrected chi connectivity index (χ0v) is 18.2. The van der Waals surface area contributed by atoms with Gasteiger partial charge in [0.05, 0.1) is 6.42 Å². The first kappa shape index (κ1) is 21.5. The highest BCUT2D eigenvalue weighted by molar-refractivity contribution is 5.77. The van der Waals surface area contributed by atoms with Gasteiger partial charge in [-0.05, 0) is 32.5 Å². The summed E-state index contributed by atoms with van der Waals surface area (Å²) in [4.78, 5) is 14.9. The molecule has 0 aromatic heterocycles. The van der Waals surface area contributed by atoms with Crippen LogP contribution in [0.4, 0.5) is 13.2 Å². The molecule has 2 aliphatic carbocycles. The second kappa shape index (κ2) is 7.23. The van der Waals surface area contributed by atoms with E-state index in [1.54, 1.807) is 6.08 Å². The molecule has 9 heteroatoms. The number of benzene rings is 2. The van der Waals surface area contributed by atoms with Gasteiger partial charge in [0.1, 0.15) is 23.8 Å². The minimum Gasteiger partial charge on any atom is -0.504 e. The highest BCUT2D eigenvalue weighted by Gasteiger charge is 2.64. The Labute approximate surface area is 193 Å². The number of esters is 1. The number of rotatable bonds is 3. The number of phenolic OH excluding ortho intramolecular Hbond substituents is 1. The predicted molar refractivity (Wildman–Crippen MR) is 113 cm³/mol. The molecule has 0 saturated carbocycles. The Kier molecular flexibility index (Phi) is 4.57. The van der Waals surface area contributed by atoms with Crippen molar-refractivity contribution in [3.05, 3.63) is 64.5 Å². The van der Waals surface area contributed by atoms with Crippen LogP contribution in [0.1, 0.15) is 23.1 Å². The van der Waals surface area contributed by atoms with Gasteiger partial charge in [-0.3, -0.25) is 4.79 Å². The molecular weight excluding hydrogens is 451 g/mol. The molecule has 1 fully saturated rings. The Morgan fingerprint density at radius 2 is 1.97 bits per heavy atom. The third-order valence-corrected chi connectivity index (χ3v) is 7.89. The second-order valence-electron chi connectivity index (χ2n) is 9.57. The summed E-state index contributed by atoms with van der Waals surface area (Å²) in [6.07, 6.45) is 2.94. The lowest BCUT2D eigenvalue weighted by Gasteiger charge is -2.56. The fourth-order valence-corrected chi connectivity index (χ4v) is 6.39. The lowest BCUT2D eigenvalue weighted by molar-refractivity contribution is -0.133. The first-order chi connectivity index (χ1) is 16.2. The van der Waals surface area contributed by atoms with Gasteiger partial charge in [0.2, 0.25) is 0 Å². The van der Waals surface area contributed by atoms with E-state index in [-0.39, 0.29) is 29.0 Å². The van der Waals surface area contributed by atoms with E-state index in [0.29, 0.717) is 36.3 Å². The fourth-order valence-electron chi connectivity index (χ4n) is 6.39. The van der Waals surface area contributed by atoms with Gasteiger partial charge in [0, 0.05) is 46.2 Å². The van der Waals surface area contributed by atoms with Crippen LogP contribution in [0, 0.1) is 23.4 Å². The summed E-state index contributed by atoms with van der Waals surface area (Å²) in [5.41, 5.74) is 0.546. The number of aliphatic hydroxyl groups excluding tert-OH is 1. The van der Waals surface area contributed by atoms with Crippen LogP contribution in [0.15, 0.2) is 30.4 Å². The van der Waals surface area contributed by atoms with Crippen LogP contribution >= 0.6 is 0 Å². The average molecular weight is 473 g/mol. The maximum Gasteiger partial charge on any atom is 0.315 e. The number of hydrogen-bond acceptors (Lipinski definition) is 6. The molecule has 6 nitrogen and oxygen atoms in total. The molecule has 2 aromatic carbocycles. The van der Waals surface area contributed by atoms with Crippen molar-refractivity contribution in [1.29, 1.82) is 0 Å². The van der Waals surface area contributed by atoms with Crippen LogP contribution in [0.3, 0.4) is 0 Å². The summed E-state index contributed by atoms with van der Waals surface area (Å²) in [5.74, 6) is -4.28. The average Bonchev–Trinajstić information content (AvgIpc) is 3.13. The van der Waals surface area contributed by atoms with Crippen LogP contribution in [0.25, 0.3) is 0 Å². The van der Waals surface area contributed by atoms with Crippen LogP contribution in [-0.2, 0) is 23.1 Å². The number of phenols is 1. The largest absolute Gasteiger partial charge is 0.504 e. The number of aromatic hydroxyl groups is 1. The summed E-state index contributed by atoms with van der Waals surface area (Å²) in [7, 11) is 2.02. The SMILES string of the molecule is CN1CC[C@]23c4c5c(OC(=O)Cc6cc(F)c(F)cc6F)cc(O)c4O[C@H]2[C@@H](O)C=C[C@H]3[C@H]1C5. The Balaban J connectivity index is 1.41. The van der Waals surface area contributed by atoms with Gasteiger partial charge in [0.25, 0.3) is 0 Å². The number of carbonyl (C=O) groups excluding carboxylic acids is 1. The topological polar surface area (TPSA) is 79.2 Å². The Morgan fingerprint density at radius 3 is 2.76 bits per heavy atom. The number of piperidine rings is 1. The first-order valence-electron chi connectivity index (χ1n) is 11.2. The van der Waals surface area contributed by atoms with Crippen molar-refractivity contribution in [2.24, 2.45) is 5.92 Å². The second-order valence-corrected chi connectivity index (χ2v) is 9.57. The molecule has 0 radical (unpaired) electrons. The van der Waals surface area contributed by atoms with Gasteiger partial charge in [0.15, 0.2) is 23.1 Å². The van der Waals surface area contributed by atoms with Crippen molar-refractivity contribution in [1.82, 2.24) is 4.90 Å². The van der Waals surface area contributed by atoms with Crippen molar-refractivity contribution >= 4 is 5.97 Å². The van der Waals surface area contributed by atoms with E-state index in [1.807, 2.05) is 13.1 Å². The molecular formula is C25H22F3NO5. The van der Waals surface area contributed by atoms with E-state index in [0.717, 1.165) is 12.1 Å². The van der Waals surface area contributed by atoms with Crippen molar-refractivity contribution in [3.63, 3.8) is 0 Å². The number of likely N-dealkylation sites (tertiary alicyclic amines) is 1. The smallest absolute Gasteiger partial charge is 0.315 e. The lowest BCUT2D eigenvalue weighted by atomic mass is 9.53. The molecule has 1 spiro atoms. The molecule has 34 heavy (non-hydrogen) atoms. The van der Waals surface area contributed by atoms with Crippen LogP contribution in [-0.4, -0.2) is 52.9 Å².